The van der Waals surface area contributed by atoms with E-state index in [1.807, 2.05) is 19.9 Å². The van der Waals surface area contributed by atoms with E-state index < -0.39 is 0 Å². The molecule has 0 atom stereocenters. The van der Waals surface area contributed by atoms with Crippen molar-refractivity contribution < 1.29 is 8.91 Å². The molecule has 2 N–H and O–H groups in total. The van der Waals surface area contributed by atoms with E-state index in [4.69, 9.17) is 4.52 Å². The van der Waals surface area contributed by atoms with Gasteiger partial charge in [-0.15, -0.1) is 0 Å². The van der Waals surface area contributed by atoms with Gasteiger partial charge in [0, 0.05) is 24.4 Å². The van der Waals surface area contributed by atoms with E-state index in [-0.39, 0.29) is 5.82 Å². The van der Waals surface area contributed by atoms with Gasteiger partial charge >= 0.3 is 0 Å². The Morgan fingerprint density at radius 3 is 2.52 bits per heavy atom. The van der Waals surface area contributed by atoms with Crippen LogP contribution >= 0.6 is 0 Å². The van der Waals surface area contributed by atoms with Crippen molar-refractivity contribution in [2.75, 3.05) is 10.6 Å². The first kappa shape index (κ1) is 15.0. The van der Waals surface area contributed by atoms with Crippen molar-refractivity contribution in [1.82, 2.24) is 15.1 Å². The van der Waals surface area contributed by atoms with Gasteiger partial charge in [-0.1, -0.05) is 17.3 Å². The second kappa shape index (κ2) is 6.43. The maximum absolute atomic E-state index is 12.9. The summed E-state index contributed by atoms with van der Waals surface area (Å²) in [7, 11) is 0. The first-order valence-corrected chi connectivity index (χ1v) is 7.13. The third-order valence-electron chi connectivity index (χ3n) is 3.11. The monoisotopic (exact) mass is 313 g/mol. The van der Waals surface area contributed by atoms with Crippen molar-refractivity contribution in [1.29, 1.82) is 0 Å². The lowest BCUT2D eigenvalue weighted by atomic mass is 10.2. The minimum absolute atomic E-state index is 0.249. The number of halogens is 1. The summed E-state index contributed by atoms with van der Waals surface area (Å²) in [6.07, 6.45) is 0. The lowest BCUT2D eigenvalue weighted by Gasteiger charge is -2.09. The Morgan fingerprint density at radius 2 is 1.83 bits per heavy atom. The molecular weight excluding hydrogens is 297 g/mol. The van der Waals surface area contributed by atoms with Crippen LogP contribution in [0, 0.1) is 19.7 Å². The van der Waals surface area contributed by atoms with Gasteiger partial charge in [0.1, 0.15) is 17.4 Å². The summed E-state index contributed by atoms with van der Waals surface area (Å²) in [6, 6.07) is 9.92. The van der Waals surface area contributed by atoms with Gasteiger partial charge in [-0.2, -0.15) is 4.98 Å². The molecular formula is C16H16FN5O. The number of nitrogens with one attached hydrogen (secondary N) is 2. The van der Waals surface area contributed by atoms with Crippen LogP contribution < -0.4 is 10.6 Å². The van der Waals surface area contributed by atoms with Crippen molar-refractivity contribution >= 4 is 17.6 Å². The highest BCUT2D eigenvalue weighted by Crippen LogP contribution is 2.16. The topological polar surface area (TPSA) is 75.9 Å². The summed E-state index contributed by atoms with van der Waals surface area (Å²) in [5.41, 5.74) is 1.77. The van der Waals surface area contributed by atoms with Gasteiger partial charge in [0.05, 0.1) is 0 Å². The van der Waals surface area contributed by atoms with Crippen LogP contribution in [-0.2, 0) is 6.54 Å². The number of hydrogen-bond acceptors (Lipinski definition) is 6. The Hall–Kier alpha value is -2.96. The number of hydrogen-bond donors (Lipinski definition) is 2. The first-order chi connectivity index (χ1) is 11.1. The molecule has 0 amide bonds. The van der Waals surface area contributed by atoms with E-state index in [0.717, 1.165) is 11.3 Å². The van der Waals surface area contributed by atoms with Crippen molar-refractivity contribution in [3.8, 4) is 0 Å². The highest BCUT2D eigenvalue weighted by molar-refractivity contribution is 5.51. The van der Waals surface area contributed by atoms with Gasteiger partial charge in [0.2, 0.25) is 5.95 Å². The molecule has 23 heavy (non-hydrogen) atoms. The Balaban J connectivity index is 1.70. The summed E-state index contributed by atoms with van der Waals surface area (Å²) in [4.78, 5) is 8.69. The molecule has 0 saturated heterocycles. The summed E-state index contributed by atoms with van der Waals surface area (Å²) in [5, 5.41) is 10.0. The molecule has 0 fully saturated rings. The Kier molecular flexibility index (Phi) is 4.18. The molecule has 3 rings (SSSR count). The molecule has 7 heteroatoms. The Labute approximate surface area is 132 Å². The quantitative estimate of drug-likeness (QED) is 0.750. The van der Waals surface area contributed by atoms with Crippen LogP contribution in [0.2, 0.25) is 0 Å². The highest BCUT2D eigenvalue weighted by Gasteiger charge is 2.06. The van der Waals surface area contributed by atoms with Crippen LogP contribution in [0.15, 0.2) is 40.9 Å². The fraction of sp³-hybridized carbons (Fsp3) is 0.188. The molecule has 118 valence electrons. The normalized spacial score (nSPS) is 10.6. The average molecular weight is 313 g/mol. The molecule has 0 spiro atoms. The minimum atomic E-state index is -0.249. The molecule has 0 aliphatic heterocycles. The number of aromatic nitrogens is 3. The number of rotatable bonds is 5. The second-order valence-corrected chi connectivity index (χ2v) is 5.15. The molecule has 1 aromatic carbocycles. The van der Waals surface area contributed by atoms with Gasteiger partial charge < -0.3 is 15.2 Å². The van der Waals surface area contributed by atoms with Gasteiger partial charge in [-0.3, -0.25) is 0 Å². The fourth-order valence-corrected chi connectivity index (χ4v) is 2.05. The van der Waals surface area contributed by atoms with E-state index in [1.165, 1.54) is 12.1 Å². The summed E-state index contributed by atoms with van der Waals surface area (Å²) in [6.45, 7) is 4.23. The van der Waals surface area contributed by atoms with E-state index in [9.17, 15) is 4.39 Å². The van der Waals surface area contributed by atoms with E-state index in [0.29, 0.717) is 29.9 Å². The van der Waals surface area contributed by atoms with Crippen molar-refractivity contribution in [2.45, 2.75) is 20.4 Å². The molecule has 0 bridgehead atoms. The van der Waals surface area contributed by atoms with Crippen LogP contribution in [0.4, 0.5) is 22.0 Å². The second-order valence-electron chi connectivity index (χ2n) is 5.15. The van der Waals surface area contributed by atoms with E-state index in [1.54, 1.807) is 18.2 Å². The summed E-state index contributed by atoms with van der Waals surface area (Å²) in [5.74, 6) is 2.11. The van der Waals surface area contributed by atoms with Crippen LogP contribution in [0.25, 0.3) is 0 Å². The minimum Gasteiger partial charge on any atom is -0.366 e. The molecule has 3 aromatic rings. The van der Waals surface area contributed by atoms with Gasteiger partial charge in [0.25, 0.3) is 0 Å². The number of aryl methyl sites for hydroxylation is 2. The standard InChI is InChI=1S/C16H16FN5O/c1-10-7-14(18-9-12-3-5-13(17)6-4-12)20-16(19-10)21-15-8-11(2)23-22-15/h3-8H,9H2,1-2H3,(H2,18,19,20,21,22). The molecule has 2 heterocycles. The zero-order chi connectivity index (χ0) is 16.2. The summed E-state index contributed by atoms with van der Waals surface area (Å²) >= 11 is 0. The third-order valence-corrected chi connectivity index (χ3v) is 3.11. The Bertz CT molecular complexity index is 800. The molecule has 2 aromatic heterocycles. The van der Waals surface area contributed by atoms with Crippen molar-refractivity contribution in [2.24, 2.45) is 0 Å². The maximum atomic E-state index is 12.9. The lowest BCUT2D eigenvalue weighted by Crippen LogP contribution is -2.05. The highest BCUT2D eigenvalue weighted by atomic mass is 19.1. The van der Waals surface area contributed by atoms with Crippen LogP contribution in [0.3, 0.4) is 0 Å². The molecule has 0 saturated carbocycles. The molecule has 0 unspecified atom stereocenters. The van der Waals surface area contributed by atoms with Crippen LogP contribution in [0.1, 0.15) is 17.0 Å². The smallest absolute Gasteiger partial charge is 0.230 e. The predicted octanol–water partition coefficient (Wildman–Crippen LogP) is 3.58. The van der Waals surface area contributed by atoms with E-state index in [2.05, 4.69) is 25.8 Å². The van der Waals surface area contributed by atoms with Gasteiger partial charge in [0.15, 0.2) is 5.82 Å². The van der Waals surface area contributed by atoms with Gasteiger partial charge in [-0.05, 0) is 31.5 Å². The molecule has 0 aliphatic carbocycles. The third kappa shape index (κ3) is 4.03. The number of anilines is 3. The average Bonchev–Trinajstić information content (AvgIpc) is 2.91. The maximum Gasteiger partial charge on any atom is 0.230 e. The van der Waals surface area contributed by atoms with Gasteiger partial charge in [-0.25, -0.2) is 9.37 Å². The van der Waals surface area contributed by atoms with E-state index >= 15 is 0 Å². The number of nitrogens with zero attached hydrogens (tertiary/aromatic N) is 3. The Morgan fingerprint density at radius 1 is 1.04 bits per heavy atom. The zero-order valence-corrected chi connectivity index (χ0v) is 12.8. The SMILES string of the molecule is Cc1cc(NCc2ccc(F)cc2)nc(Nc2cc(C)on2)n1. The first-order valence-electron chi connectivity index (χ1n) is 7.13. The molecule has 0 radical (unpaired) electrons. The zero-order valence-electron chi connectivity index (χ0n) is 12.8. The largest absolute Gasteiger partial charge is 0.366 e. The van der Waals surface area contributed by atoms with Crippen molar-refractivity contribution in [3.05, 3.63) is 59.2 Å². The molecule has 0 aliphatic rings. The fourth-order valence-electron chi connectivity index (χ4n) is 2.05. The van der Waals surface area contributed by atoms with Crippen LogP contribution in [-0.4, -0.2) is 15.1 Å². The lowest BCUT2D eigenvalue weighted by molar-refractivity contribution is 0.400. The summed E-state index contributed by atoms with van der Waals surface area (Å²) < 4.78 is 17.9. The predicted molar refractivity (Wildman–Crippen MR) is 85.0 cm³/mol. The van der Waals surface area contributed by atoms with Crippen LogP contribution in [0.5, 0.6) is 0 Å². The molecule has 6 nitrogen and oxygen atoms in total. The van der Waals surface area contributed by atoms with Crippen molar-refractivity contribution in [3.63, 3.8) is 0 Å². The number of benzene rings is 1.